The monoisotopic (exact) mass is 586 g/mol. The second-order valence-electron chi connectivity index (χ2n) is 12.8. The first-order chi connectivity index (χ1) is 19.7. The molecular weight excluding hydrogens is 544 g/mol. The molecule has 4 aliphatic rings. The van der Waals surface area contributed by atoms with E-state index in [1.807, 2.05) is 0 Å². The first-order valence-corrected chi connectivity index (χ1v) is 14.6. The van der Waals surface area contributed by atoms with Crippen LogP contribution in [0, 0.1) is 16.7 Å². The Morgan fingerprint density at radius 1 is 1.10 bits per heavy atom. The zero-order valence-electron chi connectivity index (χ0n) is 25.3. The number of Topliss-reactive ketones (excluding diaryl/α,β-unsaturated/α-hetero) is 1. The lowest BCUT2D eigenvalue weighted by Gasteiger charge is -2.67. The van der Waals surface area contributed by atoms with Gasteiger partial charge >= 0.3 is 11.9 Å². The SMILES string of the molecule is CCC(=O)O[C@@]12CO[C@@H]1C[C@H](OC)[C@@]1(C)C(=O)[C@H](OC)C3=C(C)[C@@H](O)C[C@@](O)([C@@H](OC(=O)c4ccccc4)[C@H]21)C3(C)C. The summed E-state index contributed by atoms with van der Waals surface area (Å²) in [6, 6.07) is 8.35. The molecule has 2 N–H and O–H groups in total. The number of esters is 2. The molecule has 10 nitrogen and oxygen atoms in total. The molecule has 42 heavy (non-hydrogen) atoms. The maximum absolute atomic E-state index is 15.0. The van der Waals surface area contributed by atoms with Crippen LogP contribution < -0.4 is 0 Å². The van der Waals surface area contributed by atoms with Crippen LogP contribution >= 0.6 is 0 Å². The van der Waals surface area contributed by atoms with Crippen molar-refractivity contribution in [2.75, 3.05) is 20.8 Å². The lowest BCUT2D eigenvalue weighted by atomic mass is 9.44. The van der Waals surface area contributed by atoms with Crippen molar-refractivity contribution in [3.63, 3.8) is 0 Å². The van der Waals surface area contributed by atoms with Gasteiger partial charge in [0.1, 0.15) is 23.9 Å². The van der Waals surface area contributed by atoms with Crippen molar-refractivity contribution in [2.45, 2.75) is 95.6 Å². The topological polar surface area (TPSA) is 138 Å². The minimum Gasteiger partial charge on any atom is -0.455 e. The second kappa shape index (κ2) is 10.5. The number of hydrogen-bond acceptors (Lipinski definition) is 10. The van der Waals surface area contributed by atoms with Gasteiger partial charge in [-0.1, -0.05) is 39.0 Å². The molecule has 0 radical (unpaired) electrons. The fraction of sp³-hybridized carbons (Fsp3) is 0.656. The lowest BCUT2D eigenvalue weighted by molar-refractivity contribution is -0.347. The summed E-state index contributed by atoms with van der Waals surface area (Å²) in [6.45, 7) is 8.56. The first-order valence-electron chi connectivity index (χ1n) is 14.6. The number of carbonyl (C=O) groups excluding carboxylic acids is 3. The molecular formula is C32H42O10. The van der Waals surface area contributed by atoms with Crippen molar-refractivity contribution in [1.82, 2.24) is 0 Å². The summed E-state index contributed by atoms with van der Waals surface area (Å²) in [6.07, 6.45) is -5.09. The zero-order valence-corrected chi connectivity index (χ0v) is 25.3. The minimum atomic E-state index is -1.93. The zero-order chi connectivity index (χ0) is 30.8. The van der Waals surface area contributed by atoms with Gasteiger partial charge in [0, 0.05) is 38.9 Å². The molecule has 230 valence electrons. The minimum absolute atomic E-state index is 0.0643. The maximum Gasteiger partial charge on any atom is 0.338 e. The van der Waals surface area contributed by atoms with Gasteiger partial charge in [-0.25, -0.2) is 4.79 Å². The van der Waals surface area contributed by atoms with Crippen LogP contribution in [-0.4, -0.2) is 90.5 Å². The molecule has 3 fully saturated rings. The Morgan fingerprint density at radius 2 is 1.76 bits per heavy atom. The summed E-state index contributed by atoms with van der Waals surface area (Å²) in [7, 11) is 2.90. The van der Waals surface area contributed by atoms with Gasteiger partial charge in [-0.2, -0.15) is 0 Å². The van der Waals surface area contributed by atoms with E-state index >= 15 is 0 Å². The Hall–Kier alpha value is -2.63. The lowest BCUT2D eigenvalue weighted by Crippen LogP contribution is -2.82. The smallest absolute Gasteiger partial charge is 0.338 e. The molecule has 1 aromatic rings. The van der Waals surface area contributed by atoms with E-state index in [0.29, 0.717) is 11.1 Å². The molecule has 0 amide bonds. The van der Waals surface area contributed by atoms with Crippen LogP contribution in [0.25, 0.3) is 0 Å². The standard InChI is InChI=1S/C32H42O10/c1-8-22(34)42-31-16-40-21(31)14-20(38-6)30(5)25(31)27(41-28(36)18-12-10-9-11-13-18)32(37)15-19(33)17(2)23(29(32,3)4)24(39-7)26(30)35/h9-13,19-21,24-25,27,33,37H,8,14-16H2,1-7H3/t19-,20-,21+,24+,25-,27-,30+,31-,32+/m0/s1. The van der Waals surface area contributed by atoms with Gasteiger partial charge in [-0.15, -0.1) is 0 Å². The first kappa shape index (κ1) is 30.8. The van der Waals surface area contributed by atoms with Gasteiger partial charge in [-0.3, -0.25) is 9.59 Å². The molecule has 0 aromatic heterocycles. The van der Waals surface area contributed by atoms with E-state index in [0.717, 1.165) is 0 Å². The molecule has 1 aliphatic heterocycles. The predicted molar refractivity (Wildman–Crippen MR) is 149 cm³/mol. The highest BCUT2D eigenvalue weighted by atomic mass is 16.6. The molecule has 1 saturated heterocycles. The Labute approximate surface area is 246 Å². The molecule has 3 aliphatic carbocycles. The van der Waals surface area contributed by atoms with E-state index < -0.39 is 70.4 Å². The summed E-state index contributed by atoms with van der Waals surface area (Å²) >= 11 is 0. The van der Waals surface area contributed by atoms with Crippen LogP contribution in [0.1, 0.15) is 64.2 Å². The van der Waals surface area contributed by atoms with E-state index in [2.05, 4.69) is 0 Å². The van der Waals surface area contributed by atoms with Gasteiger partial charge in [0.05, 0.1) is 35.7 Å². The van der Waals surface area contributed by atoms with Gasteiger partial charge in [0.15, 0.2) is 11.4 Å². The highest BCUT2D eigenvalue weighted by Crippen LogP contribution is 2.64. The van der Waals surface area contributed by atoms with Crippen LogP contribution in [0.5, 0.6) is 0 Å². The predicted octanol–water partition coefficient (Wildman–Crippen LogP) is 2.78. The fourth-order valence-electron chi connectivity index (χ4n) is 8.19. The summed E-state index contributed by atoms with van der Waals surface area (Å²) in [5.41, 5.74) is -4.88. The largest absolute Gasteiger partial charge is 0.455 e. The molecule has 10 heteroatoms. The molecule has 2 bridgehead atoms. The number of rotatable bonds is 6. The molecule has 0 spiro atoms. The maximum atomic E-state index is 15.0. The number of ether oxygens (including phenoxy) is 5. The molecule has 1 aromatic carbocycles. The van der Waals surface area contributed by atoms with Gasteiger partial charge < -0.3 is 33.9 Å². The number of hydrogen-bond donors (Lipinski definition) is 2. The quantitative estimate of drug-likeness (QED) is 0.378. The second-order valence-corrected chi connectivity index (χ2v) is 12.8. The van der Waals surface area contributed by atoms with Crippen molar-refractivity contribution in [1.29, 1.82) is 0 Å². The van der Waals surface area contributed by atoms with E-state index in [1.165, 1.54) is 14.2 Å². The number of ketones is 1. The number of benzene rings is 1. The highest BCUT2D eigenvalue weighted by Gasteiger charge is 2.78. The average Bonchev–Trinajstić information content (AvgIpc) is 2.95. The van der Waals surface area contributed by atoms with Crippen LogP contribution in [0.15, 0.2) is 41.5 Å². The molecule has 5 rings (SSSR count). The van der Waals surface area contributed by atoms with Gasteiger partial charge in [0.25, 0.3) is 0 Å². The van der Waals surface area contributed by atoms with Gasteiger partial charge in [0.2, 0.25) is 0 Å². The number of aliphatic hydroxyl groups is 2. The van der Waals surface area contributed by atoms with E-state index in [9.17, 15) is 24.6 Å². The van der Waals surface area contributed by atoms with Crippen LogP contribution in [0.2, 0.25) is 0 Å². The summed E-state index contributed by atoms with van der Waals surface area (Å²) < 4.78 is 30.4. The third-order valence-corrected chi connectivity index (χ3v) is 10.7. The van der Waals surface area contributed by atoms with Crippen LogP contribution in [-0.2, 0) is 33.3 Å². The Balaban J connectivity index is 1.84. The molecule has 0 unspecified atom stereocenters. The molecule has 2 saturated carbocycles. The third-order valence-electron chi connectivity index (χ3n) is 10.7. The Bertz CT molecular complexity index is 1290. The summed E-state index contributed by atoms with van der Waals surface area (Å²) in [5, 5.41) is 24.3. The highest BCUT2D eigenvalue weighted by molar-refractivity contribution is 5.94. The summed E-state index contributed by atoms with van der Waals surface area (Å²) in [5.74, 6) is -2.73. The number of methoxy groups -OCH3 is 2. The van der Waals surface area contributed by atoms with E-state index in [-0.39, 0.29) is 37.2 Å². The van der Waals surface area contributed by atoms with E-state index in [4.69, 9.17) is 23.7 Å². The Morgan fingerprint density at radius 3 is 2.31 bits per heavy atom. The Kier molecular flexibility index (Phi) is 7.72. The van der Waals surface area contributed by atoms with E-state index in [1.54, 1.807) is 65.0 Å². The van der Waals surface area contributed by atoms with Crippen LogP contribution in [0.3, 0.4) is 0 Å². The number of aliphatic hydroxyl groups excluding tert-OH is 1. The summed E-state index contributed by atoms with van der Waals surface area (Å²) in [4.78, 5) is 41.7. The number of carbonyl (C=O) groups is 3. The normalized spacial score (nSPS) is 40.5. The van der Waals surface area contributed by atoms with Crippen molar-refractivity contribution in [2.24, 2.45) is 16.7 Å². The average molecular weight is 587 g/mol. The van der Waals surface area contributed by atoms with Crippen molar-refractivity contribution >= 4 is 17.7 Å². The van der Waals surface area contributed by atoms with Crippen molar-refractivity contribution in [3.05, 3.63) is 47.0 Å². The molecule has 9 atom stereocenters. The fourth-order valence-corrected chi connectivity index (χ4v) is 8.19. The van der Waals surface area contributed by atoms with Crippen molar-refractivity contribution in [3.8, 4) is 0 Å². The molecule has 1 heterocycles. The van der Waals surface area contributed by atoms with Gasteiger partial charge in [-0.05, 0) is 37.1 Å². The van der Waals surface area contributed by atoms with Crippen LogP contribution in [0.4, 0.5) is 0 Å². The number of fused-ring (bicyclic) bond motifs is 5. The third kappa shape index (κ3) is 4.06. The van der Waals surface area contributed by atoms with Crippen molar-refractivity contribution < 1.29 is 48.3 Å².